The number of ether oxygens (including phenoxy) is 1. The van der Waals surface area contributed by atoms with Crippen LogP contribution in [0.2, 0.25) is 0 Å². The third-order valence-corrected chi connectivity index (χ3v) is 3.47. The molecule has 0 N–H and O–H groups in total. The molecule has 1 heterocycles. The van der Waals surface area contributed by atoms with Gasteiger partial charge in [0.05, 0.1) is 10.4 Å². The average molecular weight is 285 g/mol. The SMILES string of the molecule is C[C@H](C#N)OC(=O)c1ccccc1C(=O)c1cccs1. The molecule has 0 fully saturated rings. The van der Waals surface area contributed by atoms with Crippen molar-refractivity contribution >= 4 is 23.1 Å². The fourth-order valence-electron chi connectivity index (χ4n) is 1.65. The largest absolute Gasteiger partial charge is 0.444 e. The summed E-state index contributed by atoms with van der Waals surface area (Å²) in [5.74, 6) is -0.892. The van der Waals surface area contributed by atoms with E-state index in [9.17, 15) is 9.59 Å². The van der Waals surface area contributed by atoms with Gasteiger partial charge in [-0.05, 0) is 24.4 Å². The van der Waals surface area contributed by atoms with Gasteiger partial charge in [-0.1, -0.05) is 24.3 Å². The second-order valence-electron chi connectivity index (χ2n) is 4.03. The molecule has 0 saturated heterocycles. The Kier molecular flexibility index (Phi) is 4.28. The zero-order valence-electron chi connectivity index (χ0n) is 10.7. The highest BCUT2D eigenvalue weighted by molar-refractivity contribution is 7.12. The third-order valence-electron chi connectivity index (χ3n) is 2.60. The summed E-state index contributed by atoms with van der Waals surface area (Å²) >= 11 is 1.31. The van der Waals surface area contributed by atoms with Gasteiger partial charge < -0.3 is 4.74 Å². The van der Waals surface area contributed by atoms with Crippen LogP contribution in [0, 0.1) is 11.3 Å². The van der Waals surface area contributed by atoms with Crippen molar-refractivity contribution in [2.45, 2.75) is 13.0 Å². The van der Waals surface area contributed by atoms with Crippen LogP contribution in [0.15, 0.2) is 41.8 Å². The van der Waals surface area contributed by atoms with E-state index in [-0.39, 0.29) is 16.9 Å². The highest BCUT2D eigenvalue weighted by atomic mass is 32.1. The molecule has 0 bridgehead atoms. The number of carbonyl (C=O) groups excluding carboxylic acids is 2. The van der Waals surface area contributed by atoms with Gasteiger partial charge in [0.1, 0.15) is 6.07 Å². The number of carbonyl (C=O) groups is 2. The summed E-state index contributed by atoms with van der Waals surface area (Å²) in [6.45, 7) is 1.47. The number of hydrogen-bond donors (Lipinski definition) is 0. The number of hydrogen-bond acceptors (Lipinski definition) is 5. The van der Waals surface area contributed by atoms with Crippen LogP contribution in [0.5, 0.6) is 0 Å². The minimum Gasteiger partial charge on any atom is -0.444 e. The summed E-state index contributed by atoms with van der Waals surface area (Å²) in [6.07, 6.45) is -0.854. The van der Waals surface area contributed by atoms with Crippen LogP contribution in [0.4, 0.5) is 0 Å². The predicted molar refractivity (Wildman–Crippen MR) is 74.7 cm³/mol. The van der Waals surface area contributed by atoms with Crippen LogP contribution in [0.3, 0.4) is 0 Å². The molecule has 1 aromatic carbocycles. The highest BCUT2D eigenvalue weighted by Crippen LogP contribution is 2.19. The fourth-order valence-corrected chi connectivity index (χ4v) is 2.33. The Morgan fingerprint density at radius 1 is 1.20 bits per heavy atom. The van der Waals surface area contributed by atoms with E-state index in [1.807, 2.05) is 6.07 Å². The van der Waals surface area contributed by atoms with Gasteiger partial charge in [0.2, 0.25) is 5.78 Å². The zero-order valence-corrected chi connectivity index (χ0v) is 11.5. The zero-order chi connectivity index (χ0) is 14.5. The molecule has 100 valence electrons. The van der Waals surface area contributed by atoms with E-state index in [1.54, 1.807) is 35.7 Å². The molecule has 0 amide bonds. The molecule has 0 aliphatic carbocycles. The number of benzene rings is 1. The van der Waals surface area contributed by atoms with Gasteiger partial charge in [-0.3, -0.25) is 4.79 Å². The van der Waals surface area contributed by atoms with Gasteiger partial charge in [0, 0.05) is 5.56 Å². The van der Waals surface area contributed by atoms with Crippen LogP contribution < -0.4 is 0 Å². The fraction of sp³-hybridized carbons (Fsp3) is 0.133. The first-order valence-electron chi connectivity index (χ1n) is 5.91. The Labute approximate surface area is 120 Å². The average Bonchev–Trinajstić information content (AvgIpc) is 3.00. The second-order valence-corrected chi connectivity index (χ2v) is 4.98. The molecule has 20 heavy (non-hydrogen) atoms. The number of nitrogens with zero attached hydrogens (tertiary/aromatic N) is 1. The number of esters is 1. The first kappa shape index (κ1) is 14.0. The quantitative estimate of drug-likeness (QED) is 0.639. The van der Waals surface area contributed by atoms with Crippen LogP contribution >= 0.6 is 11.3 Å². The maximum Gasteiger partial charge on any atom is 0.340 e. The Morgan fingerprint density at radius 2 is 1.90 bits per heavy atom. The number of thiophene rings is 1. The third kappa shape index (κ3) is 2.92. The Hall–Kier alpha value is -2.45. The molecule has 2 rings (SSSR count). The highest BCUT2D eigenvalue weighted by Gasteiger charge is 2.20. The van der Waals surface area contributed by atoms with Crippen molar-refractivity contribution in [3.05, 3.63) is 57.8 Å². The summed E-state index contributed by atoms with van der Waals surface area (Å²) in [7, 11) is 0. The molecule has 0 aliphatic heterocycles. The molecule has 5 heteroatoms. The van der Waals surface area contributed by atoms with Gasteiger partial charge in [-0.15, -0.1) is 11.3 Å². The van der Waals surface area contributed by atoms with Crippen LogP contribution in [0.25, 0.3) is 0 Å². The normalized spacial score (nSPS) is 11.4. The number of rotatable bonds is 4. The lowest BCUT2D eigenvalue weighted by atomic mass is 10.0. The first-order valence-corrected chi connectivity index (χ1v) is 6.79. The van der Waals surface area contributed by atoms with E-state index in [0.717, 1.165) is 0 Å². The molecular weight excluding hydrogens is 274 g/mol. The van der Waals surface area contributed by atoms with Crippen molar-refractivity contribution in [2.75, 3.05) is 0 Å². The molecule has 1 aromatic heterocycles. The summed E-state index contributed by atoms with van der Waals surface area (Å²) < 4.78 is 4.94. The van der Waals surface area contributed by atoms with Crippen molar-refractivity contribution < 1.29 is 14.3 Å². The lowest BCUT2D eigenvalue weighted by Crippen LogP contribution is -2.16. The topological polar surface area (TPSA) is 67.2 Å². The van der Waals surface area contributed by atoms with E-state index < -0.39 is 12.1 Å². The molecule has 2 aromatic rings. The number of nitriles is 1. The van der Waals surface area contributed by atoms with Crippen molar-refractivity contribution in [3.63, 3.8) is 0 Å². The summed E-state index contributed by atoms with van der Waals surface area (Å²) in [5.41, 5.74) is 0.457. The predicted octanol–water partition coefficient (Wildman–Crippen LogP) is 3.05. The molecule has 0 aliphatic rings. The van der Waals surface area contributed by atoms with Gasteiger partial charge >= 0.3 is 5.97 Å². The van der Waals surface area contributed by atoms with Crippen molar-refractivity contribution in [1.82, 2.24) is 0 Å². The van der Waals surface area contributed by atoms with Crippen LogP contribution in [0.1, 0.15) is 32.5 Å². The smallest absolute Gasteiger partial charge is 0.340 e. The maximum atomic E-state index is 12.3. The molecule has 1 atom stereocenters. The van der Waals surface area contributed by atoms with E-state index >= 15 is 0 Å². The van der Waals surface area contributed by atoms with Crippen molar-refractivity contribution in [1.29, 1.82) is 5.26 Å². The first-order chi connectivity index (χ1) is 9.63. The minimum atomic E-state index is -0.854. The molecule has 0 spiro atoms. The van der Waals surface area contributed by atoms with Gasteiger partial charge in [0.15, 0.2) is 6.10 Å². The van der Waals surface area contributed by atoms with E-state index in [1.165, 1.54) is 24.3 Å². The van der Waals surface area contributed by atoms with Crippen LogP contribution in [-0.2, 0) is 4.74 Å². The van der Waals surface area contributed by atoms with Gasteiger partial charge in [-0.2, -0.15) is 5.26 Å². The van der Waals surface area contributed by atoms with Crippen LogP contribution in [-0.4, -0.2) is 17.9 Å². The molecule has 0 radical (unpaired) electrons. The summed E-state index contributed by atoms with van der Waals surface area (Å²) in [5, 5.41) is 10.5. The standard InChI is InChI=1S/C15H11NO3S/c1-10(9-16)19-15(18)12-6-3-2-5-11(12)14(17)13-7-4-8-20-13/h2-8,10H,1H3/t10-/m1/s1. The van der Waals surface area contributed by atoms with Gasteiger partial charge in [-0.25, -0.2) is 4.79 Å². The second kappa shape index (κ2) is 6.13. The molecule has 0 saturated carbocycles. The van der Waals surface area contributed by atoms with Crippen molar-refractivity contribution in [2.24, 2.45) is 0 Å². The Balaban J connectivity index is 2.34. The minimum absolute atomic E-state index is 0.174. The van der Waals surface area contributed by atoms with E-state index in [2.05, 4.69) is 0 Å². The monoisotopic (exact) mass is 285 g/mol. The van der Waals surface area contributed by atoms with E-state index in [4.69, 9.17) is 10.00 Å². The Bertz CT molecular complexity index is 671. The summed E-state index contributed by atoms with van der Waals surface area (Å²) in [4.78, 5) is 24.9. The van der Waals surface area contributed by atoms with Crippen molar-refractivity contribution in [3.8, 4) is 6.07 Å². The molecular formula is C15H11NO3S. The lowest BCUT2D eigenvalue weighted by Gasteiger charge is -2.09. The van der Waals surface area contributed by atoms with Gasteiger partial charge in [0.25, 0.3) is 0 Å². The van der Waals surface area contributed by atoms with E-state index in [0.29, 0.717) is 4.88 Å². The lowest BCUT2D eigenvalue weighted by molar-refractivity contribution is 0.0433. The number of ketones is 1. The maximum absolute atomic E-state index is 12.3. The molecule has 4 nitrogen and oxygen atoms in total. The Morgan fingerprint density at radius 3 is 2.50 bits per heavy atom. The summed E-state index contributed by atoms with van der Waals surface area (Å²) in [6, 6.07) is 11.7. The molecule has 0 unspecified atom stereocenters.